The number of benzene rings is 1. The standard InChI is InChI=1S/C22H36N4O2/c1-18-7-6-8-20(15-18)28-19(2)16-24-21(23-3)25-17-22(9-13-27-14-10-22)26-11-4-5-12-26/h6-8,15,19H,4-5,9-14,16-17H2,1-3H3,(H2,23,24,25). The maximum absolute atomic E-state index is 6.02. The van der Waals surface area contributed by atoms with Crippen LogP contribution in [-0.2, 0) is 4.74 Å². The average molecular weight is 389 g/mol. The average Bonchev–Trinajstić information content (AvgIpc) is 3.24. The van der Waals surface area contributed by atoms with Crippen molar-refractivity contribution >= 4 is 5.96 Å². The monoisotopic (exact) mass is 388 g/mol. The number of aliphatic imine (C=N–C) groups is 1. The van der Waals surface area contributed by atoms with Crippen LogP contribution < -0.4 is 15.4 Å². The molecule has 1 unspecified atom stereocenters. The fraction of sp³-hybridized carbons (Fsp3) is 0.682. The summed E-state index contributed by atoms with van der Waals surface area (Å²) in [7, 11) is 1.83. The van der Waals surface area contributed by atoms with E-state index in [4.69, 9.17) is 9.47 Å². The third kappa shape index (κ3) is 5.61. The molecule has 2 saturated heterocycles. The van der Waals surface area contributed by atoms with Crippen molar-refractivity contribution in [3.63, 3.8) is 0 Å². The molecule has 2 N–H and O–H groups in total. The summed E-state index contributed by atoms with van der Waals surface area (Å²) in [5.74, 6) is 1.75. The van der Waals surface area contributed by atoms with Gasteiger partial charge >= 0.3 is 0 Å². The molecule has 0 saturated carbocycles. The lowest BCUT2D eigenvalue weighted by Gasteiger charge is -2.45. The topological polar surface area (TPSA) is 58.1 Å². The van der Waals surface area contributed by atoms with Crippen LogP contribution in [0.15, 0.2) is 29.3 Å². The minimum Gasteiger partial charge on any atom is -0.489 e. The summed E-state index contributed by atoms with van der Waals surface area (Å²) < 4.78 is 11.7. The van der Waals surface area contributed by atoms with Gasteiger partial charge in [0, 0.05) is 32.3 Å². The van der Waals surface area contributed by atoms with Crippen molar-refractivity contribution in [2.24, 2.45) is 4.99 Å². The molecule has 0 aliphatic carbocycles. The third-order valence-electron chi connectivity index (χ3n) is 5.89. The minimum atomic E-state index is 0.0518. The van der Waals surface area contributed by atoms with Gasteiger partial charge in [0.15, 0.2) is 5.96 Å². The van der Waals surface area contributed by atoms with Gasteiger partial charge in [0.1, 0.15) is 11.9 Å². The fourth-order valence-corrected chi connectivity index (χ4v) is 4.22. The molecule has 1 atom stereocenters. The third-order valence-corrected chi connectivity index (χ3v) is 5.89. The van der Waals surface area contributed by atoms with E-state index in [1.165, 1.54) is 31.5 Å². The molecule has 1 aromatic carbocycles. The molecule has 0 aromatic heterocycles. The van der Waals surface area contributed by atoms with Gasteiger partial charge < -0.3 is 20.1 Å². The highest BCUT2D eigenvalue weighted by Crippen LogP contribution is 2.30. The maximum atomic E-state index is 6.02. The second kappa shape index (κ2) is 10.1. The van der Waals surface area contributed by atoms with Crippen LogP contribution in [0.1, 0.15) is 38.2 Å². The van der Waals surface area contributed by atoms with Gasteiger partial charge in [-0.3, -0.25) is 9.89 Å². The molecule has 0 radical (unpaired) electrons. The minimum absolute atomic E-state index is 0.0518. The zero-order valence-electron chi connectivity index (χ0n) is 17.7. The van der Waals surface area contributed by atoms with E-state index < -0.39 is 0 Å². The second-order valence-corrected chi connectivity index (χ2v) is 8.08. The SMILES string of the molecule is CN=C(NCC(C)Oc1cccc(C)c1)NCC1(N2CCCC2)CCOCC1. The lowest BCUT2D eigenvalue weighted by Crippen LogP contribution is -2.58. The van der Waals surface area contributed by atoms with Crippen molar-refractivity contribution in [2.45, 2.75) is 51.2 Å². The highest BCUT2D eigenvalue weighted by Gasteiger charge is 2.39. The molecule has 3 rings (SSSR count). The molecule has 2 aliphatic heterocycles. The van der Waals surface area contributed by atoms with Crippen molar-refractivity contribution in [2.75, 3.05) is 46.4 Å². The van der Waals surface area contributed by atoms with E-state index in [0.29, 0.717) is 6.54 Å². The summed E-state index contributed by atoms with van der Waals surface area (Å²) in [6, 6.07) is 8.17. The number of hydrogen-bond donors (Lipinski definition) is 2. The summed E-state index contributed by atoms with van der Waals surface area (Å²) in [5, 5.41) is 6.99. The van der Waals surface area contributed by atoms with Crippen molar-refractivity contribution in [1.29, 1.82) is 0 Å². The van der Waals surface area contributed by atoms with Gasteiger partial charge in [-0.15, -0.1) is 0 Å². The van der Waals surface area contributed by atoms with Crippen molar-refractivity contribution in [1.82, 2.24) is 15.5 Å². The molecule has 0 bridgehead atoms. The van der Waals surface area contributed by atoms with Crippen LogP contribution >= 0.6 is 0 Å². The van der Waals surface area contributed by atoms with Gasteiger partial charge in [0.25, 0.3) is 0 Å². The number of guanidine groups is 1. The van der Waals surface area contributed by atoms with Gasteiger partial charge in [0.2, 0.25) is 0 Å². The molecule has 1 aromatic rings. The molecule has 0 spiro atoms. The Bertz CT molecular complexity index is 637. The number of rotatable bonds is 7. The summed E-state index contributed by atoms with van der Waals surface area (Å²) in [4.78, 5) is 7.08. The summed E-state index contributed by atoms with van der Waals surface area (Å²) in [6.07, 6.45) is 4.84. The smallest absolute Gasteiger partial charge is 0.191 e. The Hall–Kier alpha value is -1.79. The Balaban J connectivity index is 1.49. The zero-order valence-corrected chi connectivity index (χ0v) is 17.7. The highest BCUT2D eigenvalue weighted by atomic mass is 16.5. The highest BCUT2D eigenvalue weighted by molar-refractivity contribution is 5.79. The molecule has 6 heteroatoms. The van der Waals surface area contributed by atoms with Crippen LogP contribution in [0.5, 0.6) is 5.75 Å². The van der Waals surface area contributed by atoms with Crippen molar-refractivity contribution in [3.8, 4) is 5.75 Å². The number of aryl methyl sites for hydroxylation is 1. The lowest BCUT2D eigenvalue weighted by molar-refractivity contribution is -0.0164. The lowest BCUT2D eigenvalue weighted by atomic mass is 9.88. The normalized spacial score (nSPS) is 21.3. The largest absolute Gasteiger partial charge is 0.489 e. The molecule has 2 heterocycles. The maximum Gasteiger partial charge on any atom is 0.191 e. The Labute approximate surface area is 169 Å². The first-order valence-electron chi connectivity index (χ1n) is 10.6. The molecule has 2 fully saturated rings. The van der Waals surface area contributed by atoms with Crippen LogP contribution in [0.4, 0.5) is 0 Å². The molecular weight excluding hydrogens is 352 g/mol. The summed E-state index contributed by atoms with van der Waals surface area (Å²) >= 11 is 0. The van der Waals surface area contributed by atoms with E-state index in [1.807, 2.05) is 19.2 Å². The van der Waals surface area contributed by atoms with Gasteiger partial charge in [-0.1, -0.05) is 12.1 Å². The number of likely N-dealkylation sites (tertiary alicyclic amines) is 1. The van der Waals surface area contributed by atoms with Gasteiger partial charge in [-0.25, -0.2) is 0 Å². The molecule has 2 aliphatic rings. The van der Waals surface area contributed by atoms with Crippen LogP contribution in [-0.4, -0.2) is 68.9 Å². The second-order valence-electron chi connectivity index (χ2n) is 8.08. The first kappa shape index (κ1) is 20.9. The first-order valence-corrected chi connectivity index (χ1v) is 10.6. The molecular formula is C22H36N4O2. The van der Waals surface area contributed by atoms with E-state index in [2.05, 4.69) is 46.5 Å². The zero-order chi connectivity index (χ0) is 19.8. The van der Waals surface area contributed by atoms with Gasteiger partial charge in [0.05, 0.1) is 6.54 Å². The number of hydrogen-bond acceptors (Lipinski definition) is 4. The van der Waals surface area contributed by atoms with Crippen LogP contribution in [0, 0.1) is 6.92 Å². The Morgan fingerprint density at radius 2 is 2.00 bits per heavy atom. The molecule has 28 heavy (non-hydrogen) atoms. The number of ether oxygens (including phenoxy) is 2. The first-order chi connectivity index (χ1) is 13.6. The van der Waals surface area contributed by atoms with E-state index in [0.717, 1.165) is 44.3 Å². The molecule has 156 valence electrons. The van der Waals surface area contributed by atoms with E-state index >= 15 is 0 Å². The van der Waals surface area contributed by atoms with Crippen LogP contribution in [0.2, 0.25) is 0 Å². The van der Waals surface area contributed by atoms with Gasteiger partial charge in [-0.05, 0) is 70.3 Å². The number of nitrogens with one attached hydrogen (secondary N) is 2. The predicted molar refractivity (Wildman–Crippen MR) is 114 cm³/mol. The fourth-order valence-electron chi connectivity index (χ4n) is 4.22. The Morgan fingerprint density at radius 3 is 2.68 bits per heavy atom. The van der Waals surface area contributed by atoms with Crippen LogP contribution in [0.25, 0.3) is 0 Å². The van der Waals surface area contributed by atoms with Crippen molar-refractivity contribution < 1.29 is 9.47 Å². The van der Waals surface area contributed by atoms with E-state index in [1.54, 1.807) is 0 Å². The molecule has 0 amide bonds. The number of nitrogens with zero attached hydrogens (tertiary/aromatic N) is 2. The van der Waals surface area contributed by atoms with E-state index in [-0.39, 0.29) is 11.6 Å². The molecule has 6 nitrogen and oxygen atoms in total. The summed E-state index contributed by atoms with van der Waals surface area (Å²) in [6.45, 7) is 9.87. The van der Waals surface area contributed by atoms with Gasteiger partial charge in [-0.2, -0.15) is 0 Å². The van der Waals surface area contributed by atoms with Crippen molar-refractivity contribution in [3.05, 3.63) is 29.8 Å². The van der Waals surface area contributed by atoms with Crippen LogP contribution in [0.3, 0.4) is 0 Å². The Kier molecular flexibility index (Phi) is 7.57. The quantitative estimate of drug-likeness (QED) is 0.555. The van der Waals surface area contributed by atoms with E-state index in [9.17, 15) is 0 Å². The predicted octanol–water partition coefficient (Wildman–Crippen LogP) is 2.57. The Morgan fingerprint density at radius 1 is 1.25 bits per heavy atom. The summed E-state index contributed by atoms with van der Waals surface area (Å²) in [5.41, 5.74) is 1.40.